The van der Waals surface area contributed by atoms with E-state index in [-0.39, 0.29) is 17.1 Å². The van der Waals surface area contributed by atoms with Crippen molar-refractivity contribution in [1.82, 2.24) is 0 Å². The highest BCUT2D eigenvalue weighted by Crippen LogP contribution is 2.16. The Morgan fingerprint density at radius 1 is 1.06 bits per heavy atom. The lowest BCUT2D eigenvalue weighted by Crippen LogP contribution is -2.10. The molecule has 0 fully saturated rings. The zero-order valence-corrected chi connectivity index (χ0v) is 8.89. The summed E-state index contributed by atoms with van der Waals surface area (Å²) in [7, 11) is 0. The lowest BCUT2D eigenvalue weighted by Gasteiger charge is -2.05. The first-order valence-electron chi connectivity index (χ1n) is 4.99. The highest BCUT2D eigenvalue weighted by atomic mass is 19.1. The van der Waals surface area contributed by atoms with Gasteiger partial charge in [0, 0.05) is 5.69 Å². The number of para-hydroxylation sites is 1. The fraction of sp³-hybridized carbons (Fsp3) is 0. The molecule has 0 atom stereocenters. The minimum absolute atomic E-state index is 0.277. The average molecular weight is 231 g/mol. The molecule has 0 aliphatic rings. The van der Waals surface area contributed by atoms with Crippen molar-refractivity contribution < 1.29 is 13.9 Å². The molecule has 0 unspecified atom stereocenters. The van der Waals surface area contributed by atoms with Crippen LogP contribution in [0.25, 0.3) is 0 Å². The van der Waals surface area contributed by atoms with Gasteiger partial charge in [-0.3, -0.25) is 0 Å². The number of nitrogens with two attached hydrogens (primary N) is 1. The van der Waals surface area contributed by atoms with Crippen LogP contribution in [0.15, 0.2) is 48.5 Å². The molecule has 0 aliphatic heterocycles. The Morgan fingerprint density at radius 2 is 1.71 bits per heavy atom. The van der Waals surface area contributed by atoms with Gasteiger partial charge in [0.2, 0.25) is 0 Å². The van der Waals surface area contributed by atoms with E-state index in [1.165, 1.54) is 24.3 Å². The largest absolute Gasteiger partial charge is 0.423 e. The Bertz CT molecular complexity index is 537. The van der Waals surface area contributed by atoms with E-state index < -0.39 is 5.97 Å². The maximum atomic E-state index is 12.7. The normalized spacial score (nSPS) is 9.94. The summed E-state index contributed by atoms with van der Waals surface area (Å²) in [5, 5.41) is 0. The zero-order valence-electron chi connectivity index (χ0n) is 8.89. The van der Waals surface area contributed by atoms with E-state index >= 15 is 0 Å². The third-order valence-corrected chi connectivity index (χ3v) is 2.20. The molecule has 0 heterocycles. The molecule has 3 nitrogen and oxygen atoms in total. The van der Waals surface area contributed by atoms with Crippen molar-refractivity contribution in [2.45, 2.75) is 0 Å². The van der Waals surface area contributed by atoms with Gasteiger partial charge in [0.25, 0.3) is 0 Å². The molecule has 0 saturated heterocycles. The first-order chi connectivity index (χ1) is 8.16. The van der Waals surface area contributed by atoms with Crippen LogP contribution in [-0.2, 0) is 0 Å². The number of carbonyl (C=O) groups is 1. The molecule has 0 spiro atoms. The highest BCUT2D eigenvalue weighted by molar-refractivity contribution is 5.96. The number of esters is 1. The van der Waals surface area contributed by atoms with Gasteiger partial charge in [-0.05, 0) is 36.4 Å². The lowest BCUT2D eigenvalue weighted by molar-refractivity contribution is 0.0735. The second-order valence-corrected chi connectivity index (χ2v) is 3.43. The van der Waals surface area contributed by atoms with Crippen molar-refractivity contribution in [2.24, 2.45) is 0 Å². The van der Waals surface area contributed by atoms with Crippen LogP contribution in [0.4, 0.5) is 10.1 Å². The van der Waals surface area contributed by atoms with Gasteiger partial charge in [-0.2, -0.15) is 0 Å². The second-order valence-electron chi connectivity index (χ2n) is 3.43. The van der Waals surface area contributed by atoms with Gasteiger partial charge in [-0.15, -0.1) is 0 Å². The molecule has 2 aromatic carbocycles. The van der Waals surface area contributed by atoms with Gasteiger partial charge in [-0.25, -0.2) is 9.18 Å². The smallest absolute Gasteiger partial charge is 0.345 e. The Labute approximate surface area is 97.6 Å². The van der Waals surface area contributed by atoms with E-state index in [2.05, 4.69) is 0 Å². The molecule has 0 aromatic heterocycles. The van der Waals surface area contributed by atoms with Crippen LogP contribution in [-0.4, -0.2) is 5.97 Å². The molecule has 0 radical (unpaired) electrons. The lowest BCUT2D eigenvalue weighted by atomic mass is 10.2. The topological polar surface area (TPSA) is 52.3 Å². The maximum Gasteiger partial charge on any atom is 0.345 e. The van der Waals surface area contributed by atoms with Crippen LogP contribution < -0.4 is 10.5 Å². The van der Waals surface area contributed by atoms with Crippen molar-refractivity contribution in [2.75, 3.05) is 5.73 Å². The van der Waals surface area contributed by atoms with Crippen molar-refractivity contribution in [3.05, 3.63) is 59.9 Å². The number of halogens is 1. The predicted molar refractivity (Wildman–Crippen MR) is 62.2 cm³/mol. The Hall–Kier alpha value is -2.36. The molecule has 0 aliphatic carbocycles. The van der Waals surface area contributed by atoms with E-state index in [0.717, 1.165) is 0 Å². The van der Waals surface area contributed by atoms with Gasteiger partial charge < -0.3 is 10.5 Å². The molecular weight excluding hydrogens is 221 g/mol. The van der Waals surface area contributed by atoms with Crippen LogP contribution in [0.1, 0.15) is 10.4 Å². The number of hydrogen-bond acceptors (Lipinski definition) is 3. The Morgan fingerprint density at radius 3 is 2.35 bits per heavy atom. The molecule has 0 amide bonds. The minimum atomic E-state index is -0.560. The number of ether oxygens (including phenoxy) is 1. The first kappa shape index (κ1) is 11.1. The monoisotopic (exact) mass is 231 g/mol. The van der Waals surface area contributed by atoms with Crippen molar-refractivity contribution in [3.63, 3.8) is 0 Å². The number of nitrogen functional groups attached to an aromatic ring is 1. The van der Waals surface area contributed by atoms with E-state index in [1.807, 2.05) is 0 Å². The van der Waals surface area contributed by atoms with Crippen molar-refractivity contribution >= 4 is 11.7 Å². The summed E-state index contributed by atoms with van der Waals surface area (Å²) in [5.41, 5.74) is 6.27. The molecule has 4 heteroatoms. The number of anilines is 1. The molecule has 17 heavy (non-hydrogen) atoms. The molecule has 0 saturated carbocycles. The minimum Gasteiger partial charge on any atom is -0.423 e. The molecule has 2 N–H and O–H groups in total. The number of rotatable bonds is 2. The second kappa shape index (κ2) is 4.65. The molecule has 0 bridgehead atoms. The number of carbonyl (C=O) groups excluding carboxylic acids is 1. The summed E-state index contributed by atoms with van der Waals surface area (Å²) >= 11 is 0. The summed E-state index contributed by atoms with van der Waals surface area (Å²) in [4.78, 5) is 11.7. The van der Waals surface area contributed by atoms with Crippen molar-refractivity contribution in [3.8, 4) is 5.75 Å². The third-order valence-electron chi connectivity index (χ3n) is 2.20. The summed E-state index contributed by atoms with van der Waals surface area (Å²) in [6.07, 6.45) is 0. The van der Waals surface area contributed by atoms with E-state index in [9.17, 15) is 9.18 Å². The Balaban J connectivity index is 2.17. The average Bonchev–Trinajstić information content (AvgIpc) is 2.32. The fourth-order valence-corrected chi connectivity index (χ4v) is 1.35. The Kier molecular flexibility index (Phi) is 3.05. The van der Waals surface area contributed by atoms with Crippen LogP contribution in [0.2, 0.25) is 0 Å². The van der Waals surface area contributed by atoms with E-state index in [0.29, 0.717) is 5.69 Å². The summed E-state index contributed by atoms with van der Waals surface area (Å²) in [5.74, 6) is -0.668. The maximum absolute atomic E-state index is 12.7. The van der Waals surface area contributed by atoms with Gasteiger partial charge in [0.05, 0.1) is 5.56 Å². The van der Waals surface area contributed by atoms with Crippen molar-refractivity contribution in [1.29, 1.82) is 0 Å². The SMILES string of the molecule is Nc1ccccc1C(=O)Oc1ccc(F)cc1. The molecule has 86 valence electrons. The van der Waals surface area contributed by atoms with Crippen LogP contribution in [0.5, 0.6) is 5.75 Å². The molecular formula is C13H10FNO2. The standard InChI is InChI=1S/C13H10FNO2/c14-9-5-7-10(8-6-9)17-13(16)11-3-1-2-4-12(11)15/h1-8H,15H2. The first-order valence-corrected chi connectivity index (χ1v) is 4.99. The number of benzene rings is 2. The zero-order chi connectivity index (χ0) is 12.3. The molecule has 2 rings (SSSR count). The van der Waals surface area contributed by atoms with Crippen LogP contribution in [0, 0.1) is 5.82 Å². The summed E-state index contributed by atoms with van der Waals surface area (Å²) in [6, 6.07) is 11.8. The van der Waals surface area contributed by atoms with Crippen LogP contribution >= 0.6 is 0 Å². The highest BCUT2D eigenvalue weighted by Gasteiger charge is 2.11. The fourth-order valence-electron chi connectivity index (χ4n) is 1.35. The van der Waals surface area contributed by atoms with Crippen LogP contribution in [0.3, 0.4) is 0 Å². The predicted octanol–water partition coefficient (Wildman–Crippen LogP) is 2.63. The van der Waals surface area contributed by atoms with Gasteiger partial charge in [-0.1, -0.05) is 12.1 Å². The van der Waals surface area contributed by atoms with Gasteiger partial charge in [0.1, 0.15) is 11.6 Å². The quantitative estimate of drug-likeness (QED) is 0.491. The molecule has 2 aromatic rings. The number of hydrogen-bond donors (Lipinski definition) is 1. The van der Waals surface area contributed by atoms with Gasteiger partial charge >= 0.3 is 5.97 Å². The third kappa shape index (κ3) is 2.60. The summed E-state index contributed by atoms with van der Waals surface area (Å²) in [6.45, 7) is 0. The van der Waals surface area contributed by atoms with Gasteiger partial charge in [0.15, 0.2) is 0 Å². The van der Waals surface area contributed by atoms with E-state index in [4.69, 9.17) is 10.5 Å². The summed E-state index contributed by atoms with van der Waals surface area (Å²) < 4.78 is 17.7. The van der Waals surface area contributed by atoms with E-state index in [1.54, 1.807) is 24.3 Å².